The van der Waals surface area contributed by atoms with Crippen LogP contribution in [0.3, 0.4) is 0 Å². The van der Waals surface area contributed by atoms with Crippen LogP contribution in [-0.4, -0.2) is 116 Å². The Kier molecular flexibility index (Phi) is 16.6. The summed E-state index contributed by atoms with van der Waals surface area (Å²) in [6, 6.07) is 23.4. The van der Waals surface area contributed by atoms with Gasteiger partial charge < -0.3 is 47.4 Å². The highest BCUT2D eigenvalue weighted by Gasteiger charge is 2.16. The molecule has 0 aliphatic carbocycles. The van der Waals surface area contributed by atoms with Gasteiger partial charge in [-0.05, 0) is 35.4 Å². The van der Waals surface area contributed by atoms with E-state index in [4.69, 9.17) is 47.4 Å². The van der Waals surface area contributed by atoms with Crippen molar-refractivity contribution in [1.82, 2.24) is 9.97 Å². The van der Waals surface area contributed by atoms with Gasteiger partial charge in [-0.3, -0.25) is 4.98 Å². The third kappa shape index (κ3) is 13.2. The maximum atomic E-state index is 6.31. The van der Waals surface area contributed by atoms with Gasteiger partial charge in [0.05, 0.1) is 79.3 Å². The molecule has 2 aromatic carbocycles. The summed E-state index contributed by atoms with van der Waals surface area (Å²) in [5.74, 6) is 2.38. The van der Waals surface area contributed by atoms with E-state index in [1.54, 1.807) is 24.5 Å². The first-order chi connectivity index (χ1) is 24.9. The summed E-state index contributed by atoms with van der Waals surface area (Å²) in [5, 5.41) is 0. The van der Waals surface area contributed by atoms with Crippen LogP contribution in [0.4, 0.5) is 0 Å². The molecule has 268 valence electrons. The van der Waals surface area contributed by atoms with Crippen LogP contribution in [0.2, 0.25) is 0 Å². The summed E-state index contributed by atoms with van der Waals surface area (Å²) in [6.45, 7) is 6.66. The number of rotatable bonds is 2. The van der Waals surface area contributed by atoms with Gasteiger partial charge in [-0.2, -0.15) is 4.98 Å². The molecule has 50 heavy (non-hydrogen) atoms. The molecule has 4 heterocycles. The average molecular weight is 691 g/mol. The number of aromatic nitrogens is 2. The molecule has 0 saturated heterocycles. The van der Waals surface area contributed by atoms with Crippen molar-refractivity contribution in [2.45, 2.75) is 0 Å². The van der Waals surface area contributed by atoms with E-state index in [1.165, 1.54) is 0 Å². The number of hydrogen-bond donors (Lipinski definition) is 0. The van der Waals surface area contributed by atoms with Gasteiger partial charge in [0.2, 0.25) is 11.8 Å². The molecule has 12 nitrogen and oxygen atoms in total. The van der Waals surface area contributed by atoms with E-state index >= 15 is 0 Å². The Labute approximate surface area is 293 Å². The third-order valence-electron chi connectivity index (χ3n) is 7.27. The van der Waals surface area contributed by atoms with Crippen LogP contribution < -0.4 is 18.9 Å². The molecule has 0 fully saturated rings. The Morgan fingerprint density at radius 2 is 0.740 bits per heavy atom. The Morgan fingerprint density at radius 3 is 1.18 bits per heavy atom. The van der Waals surface area contributed by atoms with Crippen LogP contribution >= 0.6 is 0 Å². The van der Waals surface area contributed by atoms with Crippen LogP contribution in [-0.2, 0) is 28.4 Å². The molecule has 0 saturated carbocycles. The largest absolute Gasteiger partial charge is 0.491 e. The van der Waals surface area contributed by atoms with Crippen molar-refractivity contribution in [3.63, 3.8) is 0 Å². The molecule has 0 unspecified atom stereocenters. The Bertz CT molecular complexity index is 1390. The molecule has 2 aromatic heterocycles. The van der Waals surface area contributed by atoms with E-state index < -0.39 is 0 Å². The fraction of sp³-hybridized carbons (Fsp3) is 0.421. The second-order valence-corrected chi connectivity index (χ2v) is 10.8. The lowest BCUT2D eigenvalue weighted by Crippen LogP contribution is -2.14. The smallest absolute Gasteiger partial charge is 0.216 e. The van der Waals surface area contributed by atoms with Gasteiger partial charge in [-0.1, -0.05) is 36.4 Å². The van der Waals surface area contributed by atoms with E-state index in [9.17, 15) is 0 Å². The molecule has 2 aliphatic heterocycles. The summed E-state index contributed by atoms with van der Waals surface area (Å²) in [6.07, 6.45) is 3.52. The van der Waals surface area contributed by atoms with Gasteiger partial charge in [0.15, 0.2) is 0 Å². The van der Waals surface area contributed by atoms with Gasteiger partial charge in [-0.15, -0.1) is 0 Å². The molecule has 4 bridgehead atoms. The van der Waals surface area contributed by atoms with Gasteiger partial charge >= 0.3 is 0 Å². The summed E-state index contributed by atoms with van der Waals surface area (Å²) < 4.78 is 58.0. The van der Waals surface area contributed by atoms with Gasteiger partial charge in [-0.25, -0.2) is 0 Å². The van der Waals surface area contributed by atoms with E-state index in [-0.39, 0.29) is 0 Å². The highest BCUT2D eigenvalue weighted by molar-refractivity contribution is 5.81. The molecule has 0 atom stereocenters. The summed E-state index contributed by atoms with van der Waals surface area (Å²) in [7, 11) is 0. The first kappa shape index (κ1) is 37.0. The molecule has 2 aliphatic rings. The zero-order chi connectivity index (χ0) is 34.3. The maximum absolute atomic E-state index is 6.31. The van der Waals surface area contributed by atoms with Crippen LogP contribution in [0.15, 0.2) is 85.2 Å². The quantitative estimate of drug-likeness (QED) is 0.259. The lowest BCUT2D eigenvalue weighted by molar-refractivity contribution is 0.00439. The van der Waals surface area contributed by atoms with Crippen molar-refractivity contribution in [3.05, 3.63) is 85.2 Å². The van der Waals surface area contributed by atoms with E-state index in [2.05, 4.69) is 22.1 Å². The normalized spacial score (nSPS) is 17.3. The second-order valence-electron chi connectivity index (χ2n) is 10.8. The lowest BCUT2D eigenvalue weighted by Gasteiger charge is -2.18. The van der Waals surface area contributed by atoms with Crippen LogP contribution in [0, 0.1) is 0 Å². The minimum atomic E-state index is 0.360. The molecule has 0 radical (unpaired) electrons. The fourth-order valence-corrected chi connectivity index (χ4v) is 4.87. The molecular formula is C38H46N2O10. The number of fused-ring (bicyclic) bond motifs is 26. The Hall–Kier alpha value is -4.30. The van der Waals surface area contributed by atoms with E-state index in [0.29, 0.717) is 117 Å². The fourth-order valence-electron chi connectivity index (χ4n) is 4.87. The summed E-state index contributed by atoms with van der Waals surface area (Å²) in [5.41, 5.74) is 3.79. The number of ether oxygens (including phenoxy) is 10. The topological polar surface area (TPSA) is 118 Å². The molecule has 0 spiro atoms. The van der Waals surface area contributed by atoms with Gasteiger partial charge in [0, 0.05) is 35.7 Å². The van der Waals surface area contributed by atoms with E-state index in [0.717, 1.165) is 33.8 Å². The molecule has 6 rings (SSSR count). The second kappa shape index (κ2) is 22.4. The zero-order valence-corrected chi connectivity index (χ0v) is 28.4. The first-order valence-corrected chi connectivity index (χ1v) is 17.0. The SMILES string of the molecule is c1ccc(-c2cc3c(-c4ccncc4)cc2OCCOCCOCCOCCOc2cccc(n2)OCCOCCOCCOCCO3)cc1. The van der Waals surface area contributed by atoms with Crippen molar-refractivity contribution < 1.29 is 47.4 Å². The summed E-state index contributed by atoms with van der Waals surface area (Å²) in [4.78, 5) is 8.54. The number of benzene rings is 2. The molecular weight excluding hydrogens is 644 g/mol. The summed E-state index contributed by atoms with van der Waals surface area (Å²) >= 11 is 0. The molecule has 12 heteroatoms. The number of nitrogens with zero attached hydrogens (tertiary/aromatic N) is 2. The van der Waals surface area contributed by atoms with Crippen molar-refractivity contribution in [2.24, 2.45) is 0 Å². The molecule has 0 amide bonds. The predicted molar refractivity (Wildman–Crippen MR) is 186 cm³/mol. The van der Waals surface area contributed by atoms with Crippen molar-refractivity contribution in [3.8, 4) is 45.5 Å². The third-order valence-corrected chi connectivity index (χ3v) is 7.27. The minimum absolute atomic E-state index is 0.360. The van der Waals surface area contributed by atoms with Crippen molar-refractivity contribution in [1.29, 1.82) is 0 Å². The highest BCUT2D eigenvalue weighted by Crippen LogP contribution is 2.41. The highest BCUT2D eigenvalue weighted by atomic mass is 16.6. The Morgan fingerprint density at radius 1 is 0.360 bits per heavy atom. The minimum Gasteiger partial charge on any atom is -0.491 e. The number of pyridine rings is 2. The van der Waals surface area contributed by atoms with Gasteiger partial charge in [0.1, 0.15) is 37.9 Å². The predicted octanol–water partition coefficient (Wildman–Crippen LogP) is 5.14. The van der Waals surface area contributed by atoms with Crippen LogP contribution in [0.5, 0.6) is 23.3 Å². The maximum Gasteiger partial charge on any atom is 0.216 e. The zero-order valence-electron chi connectivity index (χ0n) is 28.4. The average Bonchev–Trinajstić information content (AvgIpc) is 3.16. The molecule has 4 aromatic rings. The monoisotopic (exact) mass is 690 g/mol. The van der Waals surface area contributed by atoms with Crippen LogP contribution in [0.25, 0.3) is 22.3 Å². The first-order valence-electron chi connectivity index (χ1n) is 17.0. The van der Waals surface area contributed by atoms with Gasteiger partial charge in [0.25, 0.3) is 0 Å². The standard InChI is InChI=1S/C38H46N2O10/c1-2-5-31(6-3-1)33-29-36-34(32-9-11-39-12-10-32)30-35(33)47-25-21-43-17-13-41-15-19-45-23-27-49-37-7-4-8-38(40-37)50-28-24-46-20-16-42-14-18-44-22-26-48-36/h1-12,29-30H,13-28H2. The molecule has 0 N–H and O–H groups in total. The lowest BCUT2D eigenvalue weighted by atomic mass is 9.98. The Balaban J connectivity index is 1.18. The number of hydrogen-bond acceptors (Lipinski definition) is 12. The van der Waals surface area contributed by atoms with Crippen molar-refractivity contribution in [2.75, 3.05) is 106 Å². The van der Waals surface area contributed by atoms with E-state index in [1.807, 2.05) is 48.5 Å². The van der Waals surface area contributed by atoms with Crippen molar-refractivity contribution >= 4 is 0 Å². The van der Waals surface area contributed by atoms with Crippen LogP contribution in [0.1, 0.15) is 0 Å².